The Morgan fingerprint density at radius 3 is 2.96 bits per heavy atom. The van der Waals surface area contributed by atoms with Gasteiger partial charge in [0.1, 0.15) is 17.1 Å². The number of aliphatic hydroxyl groups is 2. The quantitative estimate of drug-likeness (QED) is 0.700. The van der Waals surface area contributed by atoms with Gasteiger partial charge in [-0.25, -0.2) is 4.98 Å². The normalized spacial score (nSPS) is 28.7. The number of carbonyl (C=O) groups is 1. The highest BCUT2D eigenvalue weighted by atomic mass is 16.3. The number of aromatic nitrogens is 2. The van der Waals surface area contributed by atoms with E-state index in [1.165, 1.54) is 12.5 Å². The van der Waals surface area contributed by atoms with Gasteiger partial charge in [-0.1, -0.05) is 24.0 Å². The van der Waals surface area contributed by atoms with Gasteiger partial charge in [-0.3, -0.25) is 4.79 Å². The summed E-state index contributed by atoms with van der Waals surface area (Å²) in [5.74, 6) is 6.56. The number of primary amides is 1. The van der Waals surface area contributed by atoms with E-state index >= 15 is 0 Å². The van der Waals surface area contributed by atoms with E-state index in [1.54, 1.807) is 6.20 Å². The van der Waals surface area contributed by atoms with Crippen molar-refractivity contribution in [2.75, 3.05) is 6.61 Å². The highest BCUT2D eigenvalue weighted by Crippen LogP contribution is 2.51. The fourth-order valence-electron chi connectivity index (χ4n) is 3.80. The molecule has 0 spiro atoms. The maximum Gasteiger partial charge on any atom is 0.268 e. The average Bonchev–Trinajstić information content (AvgIpc) is 2.88. The van der Waals surface area contributed by atoms with Crippen molar-refractivity contribution in [2.45, 2.75) is 37.8 Å². The SMILES string of the molecule is CC(O)(C#CC1C=CC2=C(C1)c1nc(C(N)=O)cn1C1CC2C1)CO. The Kier molecular flexibility index (Phi) is 3.60. The number of allylic oxidation sites excluding steroid dienone is 4. The van der Waals surface area contributed by atoms with Crippen molar-refractivity contribution >= 4 is 11.5 Å². The molecule has 2 atom stereocenters. The van der Waals surface area contributed by atoms with Crippen LogP contribution >= 0.6 is 0 Å². The zero-order valence-corrected chi connectivity index (χ0v) is 14.1. The van der Waals surface area contributed by atoms with Crippen LogP contribution in [-0.2, 0) is 0 Å². The van der Waals surface area contributed by atoms with Gasteiger partial charge in [0.25, 0.3) is 5.91 Å². The van der Waals surface area contributed by atoms with Crippen LogP contribution in [0.4, 0.5) is 0 Å². The molecule has 6 nitrogen and oxygen atoms in total. The Balaban J connectivity index is 1.70. The summed E-state index contributed by atoms with van der Waals surface area (Å²) in [6.45, 7) is 1.09. The Hall–Kier alpha value is -2.36. The van der Waals surface area contributed by atoms with Crippen LogP contribution in [0.5, 0.6) is 0 Å². The van der Waals surface area contributed by atoms with Gasteiger partial charge in [-0.15, -0.1) is 0 Å². The van der Waals surface area contributed by atoms with Gasteiger partial charge in [0, 0.05) is 23.7 Å². The van der Waals surface area contributed by atoms with Crippen LogP contribution in [0.3, 0.4) is 0 Å². The number of carbonyl (C=O) groups excluding carboxylic acids is 1. The standard InChI is InChI=1S/C19H21N3O3/c1-19(25,10-23)5-4-11-2-3-14-12-7-13(8-12)22-9-16(17(20)24)21-18(22)15(14)6-11/h2-3,9,11-13,23,25H,6-8,10H2,1H3,(H2,20,24). The van der Waals surface area contributed by atoms with Gasteiger partial charge in [0.05, 0.1) is 6.61 Å². The smallest absolute Gasteiger partial charge is 0.268 e. The van der Waals surface area contributed by atoms with E-state index in [4.69, 9.17) is 10.8 Å². The van der Waals surface area contributed by atoms with Gasteiger partial charge in [-0.05, 0) is 37.7 Å². The lowest BCUT2D eigenvalue weighted by atomic mass is 9.73. The van der Waals surface area contributed by atoms with Gasteiger partial charge >= 0.3 is 0 Å². The Morgan fingerprint density at radius 2 is 2.28 bits per heavy atom. The van der Waals surface area contributed by atoms with Crippen LogP contribution in [0.2, 0.25) is 0 Å². The summed E-state index contributed by atoms with van der Waals surface area (Å²) in [7, 11) is 0. The molecular formula is C19H21N3O3. The molecule has 2 aliphatic carbocycles. The van der Waals surface area contributed by atoms with Crippen LogP contribution in [0.1, 0.15) is 48.5 Å². The third-order valence-corrected chi connectivity index (χ3v) is 5.32. The molecule has 2 bridgehead atoms. The second-order valence-corrected chi connectivity index (χ2v) is 7.35. The lowest BCUT2D eigenvalue weighted by Crippen LogP contribution is -2.26. The maximum atomic E-state index is 11.5. The van der Waals surface area contributed by atoms with E-state index in [0.29, 0.717) is 24.1 Å². The fourth-order valence-corrected chi connectivity index (χ4v) is 3.80. The molecule has 2 aliphatic heterocycles. The number of imidazole rings is 1. The van der Waals surface area contributed by atoms with Crippen LogP contribution in [-0.4, -0.2) is 37.9 Å². The van der Waals surface area contributed by atoms with Crippen molar-refractivity contribution in [1.29, 1.82) is 0 Å². The van der Waals surface area contributed by atoms with Crippen LogP contribution in [0.25, 0.3) is 5.57 Å². The second-order valence-electron chi connectivity index (χ2n) is 7.35. The number of nitrogens with two attached hydrogens (primary N) is 1. The first-order valence-corrected chi connectivity index (χ1v) is 8.54. The first kappa shape index (κ1) is 16.1. The summed E-state index contributed by atoms with van der Waals surface area (Å²) in [4.78, 5) is 16.0. The Bertz CT molecular complexity index is 860. The molecule has 0 aromatic carbocycles. The third kappa shape index (κ3) is 2.70. The molecule has 4 aliphatic rings. The molecule has 1 aromatic heterocycles. The number of aliphatic hydroxyl groups excluding tert-OH is 1. The molecule has 4 N–H and O–H groups in total. The summed E-state index contributed by atoms with van der Waals surface area (Å²) < 4.78 is 2.09. The second kappa shape index (κ2) is 5.58. The average molecular weight is 339 g/mol. The Morgan fingerprint density at radius 1 is 1.52 bits per heavy atom. The molecule has 25 heavy (non-hydrogen) atoms. The molecule has 0 saturated heterocycles. The van der Waals surface area contributed by atoms with Crippen molar-refractivity contribution in [3.05, 3.63) is 35.4 Å². The number of rotatable bonds is 2. The summed E-state index contributed by atoms with van der Waals surface area (Å²) >= 11 is 0. The highest BCUT2D eigenvalue weighted by Gasteiger charge is 2.40. The Labute approximate surface area is 146 Å². The van der Waals surface area contributed by atoms with Crippen molar-refractivity contribution in [2.24, 2.45) is 17.6 Å². The molecular weight excluding hydrogens is 318 g/mol. The molecule has 1 fully saturated rings. The minimum atomic E-state index is -1.40. The number of hydrogen-bond acceptors (Lipinski definition) is 4. The number of amides is 1. The van der Waals surface area contributed by atoms with Gasteiger partial charge in [-0.2, -0.15) is 0 Å². The summed E-state index contributed by atoms with van der Waals surface area (Å²) in [6.07, 6.45) is 8.73. The molecule has 6 heteroatoms. The largest absolute Gasteiger partial charge is 0.392 e. The first-order chi connectivity index (χ1) is 11.9. The predicted molar refractivity (Wildman–Crippen MR) is 92.2 cm³/mol. The molecule has 130 valence electrons. The molecule has 3 heterocycles. The lowest BCUT2D eigenvalue weighted by molar-refractivity contribution is 0.0517. The van der Waals surface area contributed by atoms with E-state index in [1.807, 2.05) is 0 Å². The monoisotopic (exact) mass is 339 g/mol. The van der Waals surface area contributed by atoms with Crippen LogP contribution in [0.15, 0.2) is 23.9 Å². The van der Waals surface area contributed by atoms with E-state index < -0.39 is 18.1 Å². The minimum absolute atomic E-state index is 0.0609. The zero-order valence-electron chi connectivity index (χ0n) is 14.1. The van der Waals surface area contributed by atoms with Gasteiger partial charge in [0.15, 0.2) is 0 Å². The zero-order chi connectivity index (χ0) is 17.8. The number of nitrogens with zero attached hydrogens (tertiary/aromatic N) is 2. The fraction of sp³-hybridized carbons (Fsp3) is 0.474. The van der Waals surface area contributed by atoms with Gasteiger partial charge in [0.2, 0.25) is 0 Å². The highest BCUT2D eigenvalue weighted by molar-refractivity contribution is 5.91. The number of hydrogen-bond donors (Lipinski definition) is 3. The van der Waals surface area contributed by atoms with Crippen molar-refractivity contribution < 1.29 is 15.0 Å². The van der Waals surface area contributed by atoms with Crippen molar-refractivity contribution in [3.63, 3.8) is 0 Å². The molecule has 1 amide bonds. The van der Waals surface area contributed by atoms with E-state index in [-0.39, 0.29) is 5.92 Å². The van der Waals surface area contributed by atoms with E-state index in [0.717, 1.165) is 24.2 Å². The van der Waals surface area contributed by atoms with E-state index in [2.05, 4.69) is 33.5 Å². The van der Waals surface area contributed by atoms with Crippen LogP contribution < -0.4 is 5.73 Å². The molecule has 0 radical (unpaired) electrons. The topological polar surface area (TPSA) is 101 Å². The predicted octanol–water partition coefficient (Wildman–Crippen LogP) is 1.02. The van der Waals surface area contributed by atoms with Gasteiger partial charge < -0.3 is 20.5 Å². The molecule has 1 saturated carbocycles. The minimum Gasteiger partial charge on any atom is -0.392 e. The lowest BCUT2D eigenvalue weighted by Gasteiger charge is -2.35. The summed E-state index contributed by atoms with van der Waals surface area (Å²) in [5, 5.41) is 19.0. The van der Waals surface area contributed by atoms with Crippen molar-refractivity contribution in [1.82, 2.24) is 9.55 Å². The summed E-state index contributed by atoms with van der Waals surface area (Å²) in [6, 6.07) is 0.374. The van der Waals surface area contributed by atoms with E-state index in [9.17, 15) is 9.90 Å². The first-order valence-electron chi connectivity index (χ1n) is 8.54. The van der Waals surface area contributed by atoms with Crippen LogP contribution in [0, 0.1) is 23.7 Å². The molecule has 1 aromatic rings. The summed E-state index contributed by atoms with van der Waals surface area (Å²) in [5.41, 5.74) is 6.71. The maximum absolute atomic E-state index is 11.5. The van der Waals surface area contributed by atoms with Crippen molar-refractivity contribution in [3.8, 4) is 11.8 Å². The third-order valence-electron chi connectivity index (χ3n) is 5.32. The molecule has 2 unspecified atom stereocenters. The molecule has 5 rings (SSSR count).